The number of ether oxygens (including phenoxy) is 3. The Kier molecular flexibility index (Phi) is 11.8. The lowest BCUT2D eigenvalue weighted by Gasteiger charge is -2.34. The Bertz CT molecular complexity index is 1480. The molecule has 0 aromatic heterocycles. The molecule has 232 valence electrons. The van der Waals surface area contributed by atoms with Crippen LogP contribution in [-0.2, 0) is 26.2 Å². The molecule has 3 aromatic rings. The summed E-state index contributed by atoms with van der Waals surface area (Å²) in [6, 6.07) is 18.8. The zero-order valence-electron chi connectivity index (χ0n) is 25.6. The molecule has 43 heavy (non-hydrogen) atoms. The predicted octanol–water partition coefficient (Wildman–Crippen LogP) is 4.63. The van der Waals surface area contributed by atoms with E-state index in [9.17, 15) is 18.0 Å². The summed E-state index contributed by atoms with van der Waals surface area (Å²) >= 11 is 0. The second kappa shape index (κ2) is 15.3. The Hall–Kier alpha value is -4.25. The van der Waals surface area contributed by atoms with Crippen molar-refractivity contribution in [3.8, 4) is 17.2 Å². The second-order valence-electron chi connectivity index (χ2n) is 9.98. The molecule has 0 fully saturated rings. The van der Waals surface area contributed by atoms with Gasteiger partial charge in [-0.1, -0.05) is 44.2 Å². The highest BCUT2D eigenvalue weighted by Crippen LogP contribution is 2.36. The van der Waals surface area contributed by atoms with Gasteiger partial charge in [0.2, 0.25) is 11.8 Å². The molecule has 0 heterocycles. The highest BCUT2D eigenvalue weighted by Gasteiger charge is 2.35. The lowest BCUT2D eigenvalue weighted by atomic mass is 10.1. The van der Waals surface area contributed by atoms with Crippen LogP contribution in [0.15, 0.2) is 77.7 Å². The number of amides is 2. The van der Waals surface area contributed by atoms with Crippen LogP contribution in [0.3, 0.4) is 0 Å². The Morgan fingerprint density at radius 3 is 2.12 bits per heavy atom. The van der Waals surface area contributed by atoms with Crippen LogP contribution in [0.25, 0.3) is 0 Å². The molecule has 10 nitrogen and oxygen atoms in total. The number of methoxy groups -OCH3 is 3. The number of hydrogen-bond acceptors (Lipinski definition) is 7. The molecular formula is C32H41N3O7S. The van der Waals surface area contributed by atoms with Crippen molar-refractivity contribution in [1.29, 1.82) is 0 Å². The van der Waals surface area contributed by atoms with Gasteiger partial charge in [0.05, 0.1) is 31.9 Å². The molecule has 0 saturated heterocycles. The average molecular weight is 612 g/mol. The monoisotopic (exact) mass is 611 g/mol. The summed E-state index contributed by atoms with van der Waals surface area (Å²) in [6.07, 6.45) is 1.02. The molecule has 0 spiro atoms. The maximum absolute atomic E-state index is 14.3. The van der Waals surface area contributed by atoms with Crippen LogP contribution in [0, 0.1) is 0 Å². The number of sulfonamides is 1. The van der Waals surface area contributed by atoms with Crippen LogP contribution < -0.4 is 23.8 Å². The van der Waals surface area contributed by atoms with Crippen molar-refractivity contribution in [3.05, 3.63) is 78.4 Å². The van der Waals surface area contributed by atoms with Gasteiger partial charge in [0.25, 0.3) is 10.0 Å². The molecule has 0 radical (unpaired) electrons. The Labute approximate surface area is 254 Å². The molecule has 11 heteroatoms. The first-order valence-corrected chi connectivity index (χ1v) is 15.6. The summed E-state index contributed by atoms with van der Waals surface area (Å²) in [5, 5.41) is 2.97. The minimum absolute atomic E-state index is 0.00595. The van der Waals surface area contributed by atoms with E-state index < -0.39 is 28.5 Å². The van der Waals surface area contributed by atoms with Gasteiger partial charge in [0.1, 0.15) is 29.8 Å². The normalized spacial score (nSPS) is 12.5. The van der Waals surface area contributed by atoms with Gasteiger partial charge in [0, 0.05) is 18.7 Å². The van der Waals surface area contributed by atoms with E-state index >= 15 is 0 Å². The molecule has 3 aromatic carbocycles. The number of hydrogen-bond donors (Lipinski definition) is 1. The molecule has 0 saturated carbocycles. The van der Waals surface area contributed by atoms with Gasteiger partial charge in [0.15, 0.2) is 0 Å². The standard InChI is InChI=1S/C32H41N3O7S/c1-7-23(3)33-32(37)28(8-2)34(21-24-13-12-14-25(19-24)40-4)31(36)22-35(43(38,39)27-15-10-9-11-16-27)29-20-26(41-5)17-18-30(29)42-6/h9-20,23,28H,7-8,21-22H2,1-6H3,(H,33,37)/t23-,28-/m1/s1. The highest BCUT2D eigenvalue weighted by atomic mass is 32.2. The van der Waals surface area contributed by atoms with Crippen LogP contribution in [0.5, 0.6) is 17.2 Å². The maximum Gasteiger partial charge on any atom is 0.264 e. The first-order valence-electron chi connectivity index (χ1n) is 14.1. The van der Waals surface area contributed by atoms with Crippen LogP contribution >= 0.6 is 0 Å². The third-order valence-electron chi connectivity index (χ3n) is 7.14. The molecule has 0 aliphatic rings. The number of carbonyl (C=O) groups excluding carboxylic acids is 2. The first kappa shape index (κ1) is 33.3. The van der Waals surface area contributed by atoms with Gasteiger partial charge in [-0.25, -0.2) is 8.42 Å². The number of carbonyl (C=O) groups is 2. The van der Waals surface area contributed by atoms with Crippen LogP contribution in [-0.4, -0.2) is 65.1 Å². The van der Waals surface area contributed by atoms with E-state index in [0.717, 1.165) is 9.87 Å². The van der Waals surface area contributed by atoms with Crippen molar-refractivity contribution in [2.75, 3.05) is 32.2 Å². The van der Waals surface area contributed by atoms with Gasteiger partial charge in [-0.05, 0) is 61.7 Å². The topological polar surface area (TPSA) is 114 Å². The molecule has 0 bridgehead atoms. The average Bonchev–Trinajstić information content (AvgIpc) is 3.03. The molecule has 0 unspecified atom stereocenters. The number of nitrogens with one attached hydrogen (secondary N) is 1. The highest BCUT2D eigenvalue weighted by molar-refractivity contribution is 7.92. The lowest BCUT2D eigenvalue weighted by molar-refractivity contribution is -0.140. The summed E-state index contributed by atoms with van der Waals surface area (Å²) < 4.78 is 45.5. The van der Waals surface area contributed by atoms with Crippen LogP contribution in [0.2, 0.25) is 0 Å². The summed E-state index contributed by atoms with van der Waals surface area (Å²) in [7, 11) is 0.157. The SMILES string of the molecule is CC[C@@H](C)NC(=O)[C@@H](CC)N(Cc1cccc(OC)c1)C(=O)CN(c1cc(OC)ccc1OC)S(=O)(=O)c1ccccc1. The van der Waals surface area contributed by atoms with Crippen molar-refractivity contribution in [3.63, 3.8) is 0 Å². The summed E-state index contributed by atoms with van der Waals surface area (Å²) in [4.78, 5) is 29.2. The number of benzene rings is 3. The van der Waals surface area contributed by atoms with Crippen molar-refractivity contribution in [2.45, 2.75) is 57.1 Å². The van der Waals surface area contributed by atoms with Crippen molar-refractivity contribution >= 4 is 27.5 Å². The minimum Gasteiger partial charge on any atom is -0.497 e. The molecule has 1 N–H and O–H groups in total. The molecule has 3 rings (SSSR count). The van der Waals surface area contributed by atoms with E-state index in [0.29, 0.717) is 24.3 Å². The quantitative estimate of drug-likeness (QED) is 0.267. The smallest absolute Gasteiger partial charge is 0.264 e. The fourth-order valence-corrected chi connectivity index (χ4v) is 5.99. The predicted molar refractivity (Wildman–Crippen MR) is 166 cm³/mol. The number of nitrogens with zero attached hydrogens (tertiary/aromatic N) is 2. The van der Waals surface area contributed by atoms with Gasteiger partial charge >= 0.3 is 0 Å². The molecule has 2 amide bonds. The second-order valence-corrected chi connectivity index (χ2v) is 11.8. The number of rotatable bonds is 15. The van der Waals surface area contributed by atoms with E-state index in [4.69, 9.17) is 14.2 Å². The van der Waals surface area contributed by atoms with Crippen molar-refractivity contribution in [2.24, 2.45) is 0 Å². The Balaban J connectivity index is 2.14. The van der Waals surface area contributed by atoms with Gasteiger partial charge < -0.3 is 24.4 Å². The molecule has 0 aliphatic carbocycles. The third kappa shape index (κ3) is 8.19. The number of anilines is 1. The largest absolute Gasteiger partial charge is 0.497 e. The van der Waals surface area contributed by atoms with E-state index in [1.807, 2.05) is 26.8 Å². The fourth-order valence-electron chi connectivity index (χ4n) is 4.55. The maximum atomic E-state index is 14.3. The Morgan fingerprint density at radius 2 is 1.51 bits per heavy atom. The zero-order chi connectivity index (χ0) is 31.6. The Morgan fingerprint density at radius 1 is 0.837 bits per heavy atom. The van der Waals surface area contributed by atoms with Gasteiger partial charge in [-0.2, -0.15) is 0 Å². The summed E-state index contributed by atoms with van der Waals surface area (Å²) in [6.45, 7) is 5.12. The van der Waals surface area contributed by atoms with E-state index in [2.05, 4.69) is 5.32 Å². The van der Waals surface area contributed by atoms with E-state index in [1.165, 1.54) is 37.3 Å². The van der Waals surface area contributed by atoms with Crippen LogP contribution in [0.4, 0.5) is 5.69 Å². The fraction of sp³-hybridized carbons (Fsp3) is 0.375. The summed E-state index contributed by atoms with van der Waals surface area (Å²) in [5.41, 5.74) is 0.844. The van der Waals surface area contributed by atoms with Gasteiger partial charge in [-0.3, -0.25) is 13.9 Å². The third-order valence-corrected chi connectivity index (χ3v) is 8.91. The first-order chi connectivity index (χ1) is 20.6. The molecule has 0 aliphatic heterocycles. The van der Waals surface area contributed by atoms with Gasteiger partial charge in [-0.15, -0.1) is 0 Å². The summed E-state index contributed by atoms with van der Waals surface area (Å²) in [5.74, 6) is 0.317. The molecule has 2 atom stereocenters. The van der Waals surface area contributed by atoms with Crippen LogP contribution in [0.1, 0.15) is 39.2 Å². The minimum atomic E-state index is -4.27. The van der Waals surface area contributed by atoms with E-state index in [-0.39, 0.29) is 34.8 Å². The lowest BCUT2D eigenvalue weighted by Crippen LogP contribution is -2.53. The zero-order valence-corrected chi connectivity index (χ0v) is 26.4. The van der Waals surface area contributed by atoms with E-state index in [1.54, 1.807) is 55.6 Å². The molecular weight excluding hydrogens is 570 g/mol. The van der Waals surface area contributed by atoms with Crippen molar-refractivity contribution < 1.29 is 32.2 Å². The van der Waals surface area contributed by atoms with Crippen molar-refractivity contribution in [1.82, 2.24) is 10.2 Å².